The van der Waals surface area contributed by atoms with Crippen molar-refractivity contribution < 1.29 is 28.5 Å². The van der Waals surface area contributed by atoms with Crippen LogP contribution in [0.3, 0.4) is 0 Å². The van der Waals surface area contributed by atoms with Crippen LogP contribution in [0.1, 0.15) is 41.5 Å². The van der Waals surface area contributed by atoms with Gasteiger partial charge in [0.25, 0.3) is 11.8 Å². The molecule has 0 heterocycles. The Labute approximate surface area is 182 Å². The van der Waals surface area contributed by atoms with Crippen LogP contribution >= 0.6 is 0 Å². The summed E-state index contributed by atoms with van der Waals surface area (Å²) >= 11 is 0. The van der Waals surface area contributed by atoms with E-state index >= 15 is 0 Å². The minimum absolute atomic E-state index is 0.227. The SMILES string of the molecule is CCOc1cc(C(=O)NCCNC(=O)c2ccc(OC)cc2)cc(OCC)c1OCC. The van der Waals surface area contributed by atoms with Crippen LogP contribution < -0.4 is 29.6 Å². The molecular weight excluding hydrogens is 400 g/mol. The van der Waals surface area contributed by atoms with Crippen molar-refractivity contribution >= 4 is 11.8 Å². The van der Waals surface area contributed by atoms with Gasteiger partial charge in [0.2, 0.25) is 5.75 Å². The zero-order valence-electron chi connectivity index (χ0n) is 18.4. The number of methoxy groups -OCH3 is 1. The molecule has 0 saturated heterocycles. The summed E-state index contributed by atoms with van der Waals surface area (Å²) < 4.78 is 22.0. The first-order valence-corrected chi connectivity index (χ1v) is 10.3. The van der Waals surface area contributed by atoms with Crippen LogP contribution in [0.15, 0.2) is 36.4 Å². The quantitative estimate of drug-likeness (QED) is 0.503. The molecule has 0 aliphatic carbocycles. The van der Waals surface area contributed by atoms with Gasteiger partial charge in [-0.2, -0.15) is 0 Å². The Balaban J connectivity index is 1.98. The van der Waals surface area contributed by atoms with Crippen molar-refractivity contribution in [3.05, 3.63) is 47.5 Å². The van der Waals surface area contributed by atoms with E-state index in [9.17, 15) is 9.59 Å². The number of benzene rings is 2. The summed E-state index contributed by atoms with van der Waals surface area (Å²) in [6.45, 7) is 7.42. The highest BCUT2D eigenvalue weighted by Gasteiger charge is 2.18. The minimum Gasteiger partial charge on any atom is -0.497 e. The van der Waals surface area contributed by atoms with Crippen LogP contribution in [-0.2, 0) is 0 Å². The van der Waals surface area contributed by atoms with Gasteiger partial charge in [0.1, 0.15) is 5.75 Å². The molecule has 31 heavy (non-hydrogen) atoms. The van der Waals surface area contributed by atoms with E-state index in [1.54, 1.807) is 43.5 Å². The third-order valence-electron chi connectivity index (χ3n) is 4.22. The van der Waals surface area contributed by atoms with Gasteiger partial charge in [-0.3, -0.25) is 9.59 Å². The Morgan fingerprint density at radius 2 is 1.23 bits per heavy atom. The molecule has 0 saturated carbocycles. The van der Waals surface area contributed by atoms with Crippen molar-refractivity contribution in [2.24, 2.45) is 0 Å². The third kappa shape index (κ3) is 6.80. The van der Waals surface area contributed by atoms with E-state index in [0.29, 0.717) is 53.9 Å². The minimum atomic E-state index is -0.302. The molecule has 8 heteroatoms. The average molecular weight is 431 g/mol. The summed E-state index contributed by atoms with van der Waals surface area (Å²) in [6, 6.07) is 10.0. The first kappa shape index (κ1) is 23.9. The van der Waals surface area contributed by atoms with Crippen molar-refractivity contribution in [2.75, 3.05) is 40.0 Å². The van der Waals surface area contributed by atoms with E-state index in [1.807, 2.05) is 20.8 Å². The standard InChI is InChI=1S/C23H30N2O6/c1-5-29-19-14-17(15-20(30-6-2)21(19)31-7-3)23(27)25-13-12-24-22(26)16-8-10-18(28-4)11-9-16/h8-11,14-15H,5-7,12-13H2,1-4H3,(H,24,26)(H,25,27). The van der Waals surface area contributed by atoms with Crippen LogP contribution in [0.25, 0.3) is 0 Å². The highest BCUT2D eigenvalue weighted by Crippen LogP contribution is 2.39. The van der Waals surface area contributed by atoms with E-state index in [-0.39, 0.29) is 24.9 Å². The average Bonchev–Trinajstić information content (AvgIpc) is 2.78. The van der Waals surface area contributed by atoms with E-state index in [2.05, 4.69) is 10.6 Å². The molecular formula is C23H30N2O6. The fraction of sp³-hybridized carbons (Fsp3) is 0.391. The molecule has 0 aromatic heterocycles. The van der Waals surface area contributed by atoms with E-state index in [0.717, 1.165) is 0 Å². The lowest BCUT2D eigenvalue weighted by Crippen LogP contribution is -2.34. The second kappa shape index (κ2) is 12.3. The summed E-state index contributed by atoms with van der Waals surface area (Å²) in [5.41, 5.74) is 0.901. The molecule has 2 aromatic carbocycles. The lowest BCUT2D eigenvalue weighted by molar-refractivity contribution is 0.0927. The van der Waals surface area contributed by atoms with Gasteiger partial charge in [-0.1, -0.05) is 0 Å². The lowest BCUT2D eigenvalue weighted by atomic mass is 10.1. The Bertz CT molecular complexity index is 840. The molecule has 2 N–H and O–H groups in total. The fourth-order valence-corrected chi connectivity index (χ4v) is 2.82. The summed E-state index contributed by atoms with van der Waals surface area (Å²) in [5.74, 6) is 1.53. The zero-order valence-corrected chi connectivity index (χ0v) is 18.4. The number of amides is 2. The molecule has 0 unspecified atom stereocenters. The second-order valence-electron chi connectivity index (χ2n) is 6.34. The number of hydrogen-bond acceptors (Lipinski definition) is 6. The molecule has 0 bridgehead atoms. The first-order chi connectivity index (χ1) is 15.0. The summed E-state index contributed by atoms with van der Waals surface area (Å²) in [7, 11) is 1.57. The van der Waals surface area contributed by atoms with Crippen molar-refractivity contribution in [3.63, 3.8) is 0 Å². The zero-order chi connectivity index (χ0) is 22.6. The Kier molecular flexibility index (Phi) is 9.48. The number of hydrogen-bond donors (Lipinski definition) is 2. The number of carbonyl (C=O) groups excluding carboxylic acids is 2. The topological polar surface area (TPSA) is 95.1 Å². The summed E-state index contributed by atoms with van der Waals surface area (Å²) in [4.78, 5) is 24.8. The predicted octanol–water partition coefficient (Wildman–Crippen LogP) is 3.05. The van der Waals surface area contributed by atoms with Crippen molar-refractivity contribution in [3.8, 4) is 23.0 Å². The molecule has 2 rings (SSSR count). The maximum Gasteiger partial charge on any atom is 0.251 e. The molecule has 8 nitrogen and oxygen atoms in total. The van der Waals surface area contributed by atoms with Gasteiger partial charge in [0.15, 0.2) is 11.5 Å². The molecule has 0 atom stereocenters. The second-order valence-corrected chi connectivity index (χ2v) is 6.34. The fourth-order valence-electron chi connectivity index (χ4n) is 2.82. The van der Waals surface area contributed by atoms with Crippen LogP contribution in [0.5, 0.6) is 23.0 Å². The highest BCUT2D eigenvalue weighted by atomic mass is 16.5. The van der Waals surface area contributed by atoms with Gasteiger partial charge in [-0.05, 0) is 57.2 Å². The van der Waals surface area contributed by atoms with Gasteiger partial charge < -0.3 is 29.6 Å². The monoisotopic (exact) mass is 430 g/mol. The highest BCUT2D eigenvalue weighted by molar-refractivity contribution is 5.96. The van der Waals surface area contributed by atoms with Crippen molar-refractivity contribution in [1.29, 1.82) is 0 Å². The van der Waals surface area contributed by atoms with Crippen molar-refractivity contribution in [1.82, 2.24) is 10.6 Å². The molecule has 2 aromatic rings. The molecule has 0 aliphatic rings. The maximum absolute atomic E-state index is 12.6. The van der Waals surface area contributed by atoms with Gasteiger partial charge >= 0.3 is 0 Å². The molecule has 168 valence electrons. The number of rotatable bonds is 12. The molecule has 0 aliphatic heterocycles. The Morgan fingerprint density at radius 1 is 0.742 bits per heavy atom. The van der Waals surface area contributed by atoms with Crippen LogP contribution in [-0.4, -0.2) is 51.8 Å². The largest absolute Gasteiger partial charge is 0.497 e. The molecule has 0 fully saturated rings. The smallest absolute Gasteiger partial charge is 0.251 e. The van der Waals surface area contributed by atoms with Gasteiger partial charge in [0.05, 0.1) is 26.9 Å². The Morgan fingerprint density at radius 3 is 1.68 bits per heavy atom. The van der Waals surface area contributed by atoms with Gasteiger partial charge in [-0.25, -0.2) is 0 Å². The predicted molar refractivity (Wildman–Crippen MR) is 118 cm³/mol. The van der Waals surface area contributed by atoms with Gasteiger partial charge in [0, 0.05) is 24.2 Å². The van der Waals surface area contributed by atoms with E-state index < -0.39 is 0 Å². The molecule has 2 amide bonds. The maximum atomic E-state index is 12.6. The van der Waals surface area contributed by atoms with Gasteiger partial charge in [-0.15, -0.1) is 0 Å². The summed E-state index contributed by atoms with van der Waals surface area (Å²) in [6.07, 6.45) is 0. The van der Waals surface area contributed by atoms with Crippen LogP contribution in [0, 0.1) is 0 Å². The van der Waals surface area contributed by atoms with Crippen LogP contribution in [0.2, 0.25) is 0 Å². The Hall–Kier alpha value is -3.42. The van der Waals surface area contributed by atoms with E-state index in [4.69, 9.17) is 18.9 Å². The van der Waals surface area contributed by atoms with Crippen LogP contribution in [0.4, 0.5) is 0 Å². The summed E-state index contributed by atoms with van der Waals surface area (Å²) in [5, 5.41) is 5.56. The third-order valence-corrected chi connectivity index (χ3v) is 4.22. The molecule has 0 radical (unpaired) electrons. The number of carbonyl (C=O) groups is 2. The normalized spacial score (nSPS) is 10.2. The van der Waals surface area contributed by atoms with E-state index in [1.165, 1.54) is 0 Å². The number of nitrogens with one attached hydrogen (secondary N) is 2. The number of ether oxygens (including phenoxy) is 4. The van der Waals surface area contributed by atoms with Crippen molar-refractivity contribution in [2.45, 2.75) is 20.8 Å². The lowest BCUT2D eigenvalue weighted by Gasteiger charge is -2.17. The first-order valence-electron chi connectivity index (χ1n) is 10.3. The molecule has 0 spiro atoms.